The van der Waals surface area contributed by atoms with E-state index in [1.807, 2.05) is 20.8 Å². The largest absolute Gasteiger partial charge is 0.497 e. The van der Waals surface area contributed by atoms with Gasteiger partial charge in [0, 0.05) is 18.7 Å². The van der Waals surface area contributed by atoms with E-state index in [1.165, 1.54) is 0 Å². The van der Waals surface area contributed by atoms with Crippen LogP contribution in [0.4, 0.5) is 4.79 Å². The van der Waals surface area contributed by atoms with Gasteiger partial charge >= 0.3 is 6.09 Å². The van der Waals surface area contributed by atoms with E-state index < -0.39 is 23.3 Å². The summed E-state index contributed by atoms with van der Waals surface area (Å²) in [5, 5.41) is 16.7. The van der Waals surface area contributed by atoms with Crippen LogP contribution in [0.15, 0.2) is 18.2 Å². The number of hydrogen-bond acceptors (Lipinski definition) is 7. The minimum Gasteiger partial charge on any atom is -0.497 e. The molecule has 3 N–H and O–H groups in total. The van der Waals surface area contributed by atoms with Gasteiger partial charge in [-0.2, -0.15) is 0 Å². The SMILES string of the molecule is COc1ccc(OC)c(C(O)CNC2(CNC(=O)OC(C)(C)C)COC2)c1. The third-order valence-corrected chi connectivity index (χ3v) is 4.19. The Morgan fingerprint density at radius 3 is 2.52 bits per heavy atom. The van der Waals surface area contributed by atoms with Crippen molar-refractivity contribution in [1.29, 1.82) is 0 Å². The normalized spacial score (nSPS) is 16.8. The molecule has 1 fully saturated rings. The fraction of sp³-hybridized carbons (Fsp3) is 0.632. The molecule has 2 rings (SSSR count). The predicted octanol–water partition coefficient (Wildman–Crippen LogP) is 1.62. The fourth-order valence-electron chi connectivity index (χ4n) is 2.69. The number of hydrogen-bond donors (Lipinski definition) is 3. The Kier molecular flexibility index (Phi) is 6.91. The topological polar surface area (TPSA) is 98.3 Å². The number of nitrogens with one attached hydrogen (secondary N) is 2. The summed E-state index contributed by atoms with van der Waals surface area (Å²) in [4.78, 5) is 11.9. The zero-order chi connectivity index (χ0) is 20.1. The van der Waals surface area contributed by atoms with Crippen molar-refractivity contribution in [3.63, 3.8) is 0 Å². The van der Waals surface area contributed by atoms with Crippen molar-refractivity contribution in [3.8, 4) is 11.5 Å². The number of aliphatic hydroxyl groups is 1. The number of amides is 1. The Hall–Kier alpha value is -2.03. The summed E-state index contributed by atoms with van der Waals surface area (Å²) < 4.78 is 21.1. The lowest BCUT2D eigenvalue weighted by atomic mass is 9.96. The highest BCUT2D eigenvalue weighted by Crippen LogP contribution is 2.29. The van der Waals surface area contributed by atoms with E-state index in [-0.39, 0.29) is 6.54 Å². The summed E-state index contributed by atoms with van der Waals surface area (Å²) in [6.45, 7) is 6.91. The van der Waals surface area contributed by atoms with Crippen molar-refractivity contribution in [1.82, 2.24) is 10.6 Å². The number of ether oxygens (including phenoxy) is 4. The van der Waals surface area contributed by atoms with E-state index in [9.17, 15) is 9.90 Å². The van der Waals surface area contributed by atoms with E-state index in [4.69, 9.17) is 18.9 Å². The van der Waals surface area contributed by atoms with Crippen LogP contribution in [0.25, 0.3) is 0 Å². The van der Waals surface area contributed by atoms with Crippen molar-refractivity contribution in [2.45, 2.75) is 38.0 Å². The molecule has 8 heteroatoms. The summed E-state index contributed by atoms with van der Waals surface area (Å²) in [7, 11) is 3.12. The lowest BCUT2D eigenvalue weighted by molar-refractivity contribution is -0.0768. The van der Waals surface area contributed by atoms with Gasteiger partial charge in [-0.1, -0.05) is 0 Å². The molecule has 1 aromatic carbocycles. The Morgan fingerprint density at radius 1 is 1.30 bits per heavy atom. The van der Waals surface area contributed by atoms with Gasteiger partial charge in [0.2, 0.25) is 0 Å². The molecule has 0 saturated carbocycles. The smallest absolute Gasteiger partial charge is 0.407 e. The monoisotopic (exact) mass is 382 g/mol. The maximum atomic E-state index is 11.9. The second kappa shape index (κ2) is 8.77. The second-order valence-electron chi connectivity index (χ2n) is 7.63. The minimum absolute atomic E-state index is 0.267. The number of rotatable bonds is 8. The quantitative estimate of drug-likeness (QED) is 0.628. The van der Waals surface area contributed by atoms with Gasteiger partial charge in [-0.15, -0.1) is 0 Å². The highest BCUT2D eigenvalue weighted by atomic mass is 16.6. The molecule has 1 saturated heterocycles. The highest BCUT2D eigenvalue weighted by molar-refractivity contribution is 5.67. The first kappa shape index (κ1) is 21.3. The number of aliphatic hydroxyl groups excluding tert-OH is 1. The molecule has 152 valence electrons. The number of β-amino-alcohol motifs (C(OH)–C–C–N with tert-alkyl or cyclic N) is 1. The van der Waals surface area contributed by atoms with E-state index in [0.29, 0.717) is 36.8 Å². The number of carbonyl (C=O) groups is 1. The minimum atomic E-state index is -0.811. The van der Waals surface area contributed by atoms with Crippen molar-refractivity contribution in [2.24, 2.45) is 0 Å². The molecule has 27 heavy (non-hydrogen) atoms. The summed E-state index contributed by atoms with van der Waals surface area (Å²) in [5.41, 5.74) is -0.371. The lowest BCUT2D eigenvalue weighted by Gasteiger charge is -2.42. The number of alkyl carbamates (subject to hydrolysis) is 1. The average molecular weight is 382 g/mol. The highest BCUT2D eigenvalue weighted by Gasteiger charge is 2.39. The van der Waals surface area contributed by atoms with Crippen LogP contribution < -0.4 is 20.1 Å². The van der Waals surface area contributed by atoms with Crippen LogP contribution in [0.2, 0.25) is 0 Å². The van der Waals surface area contributed by atoms with Gasteiger partial charge in [-0.3, -0.25) is 0 Å². The molecule has 0 radical (unpaired) electrons. The van der Waals surface area contributed by atoms with E-state index >= 15 is 0 Å². The Bertz CT molecular complexity index is 640. The van der Waals surface area contributed by atoms with Crippen LogP contribution in [0, 0.1) is 0 Å². The third kappa shape index (κ3) is 5.98. The molecule has 1 aliphatic heterocycles. The van der Waals surface area contributed by atoms with E-state index in [2.05, 4.69) is 10.6 Å². The van der Waals surface area contributed by atoms with Crippen LogP contribution in [-0.2, 0) is 9.47 Å². The summed E-state index contributed by atoms with van der Waals surface area (Å²) in [6.07, 6.45) is -1.29. The Labute approximate surface area is 160 Å². The van der Waals surface area contributed by atoms with E-state index in [0.717, 1.165) is 0 Å². The van der Waals surface area contributed by atoms with Crippen molar-refractivity contribution < 1.29 is 28.8 Å². The number of methoxy groups -OCH3 is 2. The van der Waals surface area contributed by atoms with Crippen LogP contribution in [0.5, 0.6) is 11.5 Å². The first-order chi connectivity index (χ1) is 12.7. The van der Waals surface area contributed by atoms with Gasteiger partial charge in [-0.05, 0) is 39.0 Å². The Morgan fingerprint density at radius 2 is 2.00 bits per heavy atom. The molecule has 8 nitrogen and oxygen atoms in total. The van der Waals surface area contributed by atoms with Gasteiger partial charge in [-0.25, -0.2) is 4.79 Å². The summed E-state index contributed by atoms with van der Waals surface area (Å²) in [5.74, 6) is 1.22. The molecular formula is C19H30N2O6. The molecule has 0 spiro atoms. The van der Waals surface area contributed by atoms with Crippen molar-refractivity contribution in [3.05, 3.63) is 23.8 Å². The molecular weight excluding hydrogens is 352 g/mol. The predicted molar refractivity (Wildman–Crippen MR) is 100 cm³/mol. The van der Waals surface area contributed by atoms with Gasteiger partial charge in [0.25, 0.3) is 0 Å². The third-order valence-electron chi connectivity index (χ3n) is 4.19. The number of carbonyl (C=O) groups excluding carboxylic acids is 1. The average Bonchev–Trinajstić information content (AvgIpc) is 2.58. The second-order valence-corrected chi connectivity index (χ2v) is 7.63. The maximum absolute atomic E-state index is 11.9. The van der Waals surface area contributed by atoms with Gasteiger partial charge in [0.15, 0.2) is 0 Å². The van der Waals surface area contributed by atoms with Crippen LogP contribution in [0.3, 0.4) is 0 Å². The van der Waals surface area contributed by atoms with Crippen LogP contribution in [0.1, 0.15) is 32.4 Å². The summed E-state index contributed by atoms with van der Waals surface area (Å²) >= 11 is 0. The van der Waals surface area contributed by atoms with Crippen molar-refractivity contribution in [2.75, 3.05) is 40.5 Å². The van der Waals surface area contributed by atoms with Gasteiger partial charge in [0.05, 0.1) is 39.1 Å². The lowest BCUT2D eigenvalue weighted by Crippen LogP contribution is -2.66. The molecule has 0 aromatic heterocycles. The molecule has 0 bridgehead atoms. The fourth-order valence-corrected chi connectivity index (χ4v) is 2.69. The zero-order valence-electron chi connectivity index (χ0n) is 16.6. The van der Waals surface area contributed by atoms with Crippen LogP contribution in [-0.4, -0.2) is 62.9 Å². The van der Waals surface area contributed by atoms with E-state index in [1.54, 1.807) is 32.4 Å². The molecule has 0 aliphatic carbocycles. The summed E-state index contributed by atoms with van der Waals surface area (Å²) in [6, 6.07) is 5.27. The maximum Gasteiger partial charge on any atom is 0.407 e. The first-order valence-corrected chi connectivity index (χ1v) is 8.88. The standard InChI is InChI=1S/C19H30N2O6/c1-18(2,3)27-17(23)20-10-19(11-26-12-19)21-9-15(22)14-8-13(24-4)6-7-16(14)25-5/h6-8,15,21-22H,9-12H2,1-5H3,(H,20,23). The molecule has 1 unspecified atom stereocenters. The van der Waals surface area contributed by atoms with Crippen molar-refractivity contribution >= 4 is 6.09 Å². The first-order valence-electron chi connectivity index (χ1n) is 8.88. The molecule has 1 atom stereocenters. The van der Waals surface area contributed by atoms with Gasteiger partial charge in [0.1, 0.15) is 17.1 Å². The molecule has 1 heterocycles. The van der Waals surface area contributed by atoms with Crippen LogP contribution >= 0.6 is 0 Å². The molecule has 1 amide bonds. The molecule has 1 aromatic rings. The Balaban J connectivity index is 1.94. The van der Waals surface area contributed by atoms with Gasteiger partial charge < -0.3 is 34.7 Å². The zero-order valence-corrected chi connectivity index (χ0v) is 16.6. The molecule has 1 aliphatic rings. The number of benzene rings is 1.